The Hall–Kier alpha value is -2.61. The molecule has 0 bridgehead atoms. The minimum atomic E-state index is -1.05. The Balaban J connectivity index is 2.32. The summed E-state index contributed by atoms with van der Waals surface area (Å²) in [6, 6.07) is 5.20. The fourth-order valence-corrected chi connectivity index (χ4v) is 2.80. The minimum Gasteiger partial charge on any atom is -0.493 e. The van der Waals surface area contributed by atoms with Gasteiger partial charge in [-0.2, -0.15) is 0 Å². The van der Waals surface area contributed by atoms with E-state index in [9.17, 15) is 19.1 Å². The highest BCUT2D eigenvalue weighted by atomic mass is 19.1. The zero-order valence-electron chi connectivity index (χ0n) is 14.1. The van der Waals surface area contributed by atoms with Crippen LogP contribution in [0.5, 0.6) is 5.88 Å². The van der Waals surface area contributed by atoms with Crippen molar-refractivity contribution in [1.82, 2.24) is 15.0 Å². The van der Waals surface area contributed by atoms with Crippen LogP contribution in [0, 0.1) is 11.7 Å². The first-order valence-electron chi connectivity index (χ1n) is 8.10. The molecule has 1 heterocycles. The molecule has 1 aromatic heterocycles. The van der Waals surface area contributed by atoms with Gasteiger partial charge in [0.1, 0.15) is 11.9 Å². The van der Waals surface area contributed by atoms with Crippen LogP contribution in [0.2, 0.25) is 0 Å². The Morgan fingerprint density at radius 2 is 2.04 bits per heavy atom. The third-order valence-corrected chi connectivity index (χ3v) is 4.42. The van der Waals surface area contributed by atoms with Crippen LogP contribution in [0.4, 0.5) is 4.39 Å². The number of carbonyl (C=O) groups is 1. The SMILES string of the molecule is CCC(C)C(C(=O)NO)n1c(O)c(CCc2ccccc2F)[nH]c1=O. The van der Waals surface area contributed by atoms with E-state index in [0.29, 0.717) is 12.0 Å². The van der Waals surface area contributed by atoms with E-state index in [1.165, 1.54) is 11.5 Å². The van der Waals surface area contributed by atoms with Gasteiger partial charge in [-0.15, -0.1) is 0 Å². The van der Waals surface area contributed by atoms with E-state index in [4.69, 9.17) is 5.21 Å². The maximum Gasteiger partial charge on any atom is 0.329 e. The lowest BCUT2D eigenvalue weighted by Crippen LogP contribution is -2.38. The first-order chi connectivity index (χ1) is 11.9. The second-order valence-electron chi connectivity index (χ2n) is 6.00. The summed E-state index contributed by atoms with van der Waals surface area (Å²) in [6.45, 7) is 3.56. The number of imidazole rings is 1. The van der Waals surface area contributed by atoms with Crippen LogP contribution in [0.1, 0.15) is 37.6 Å². The van der Waals surface area contributed by atoms with Gasteiger partial charge in [0.25, 0.3) is 5.91 Å². The molecule has 1 aromatic carbocycles. The second-order valence-corrected chi connectivity index (χ2v) is 6.00. The number of carbonyl (C=O) groups excluding carboxylic acids is 1. The van der Waals surface area contributed by atoms with E-state index in [0.717, 1.165) is 4.57 Å². The highest BCUT2D eigenvalue weighted by Crippen LogP contribution is 2.26. The Labute approximate surface area is 144 Å². The van der Waals surface area contributed by atoms with E-state index in [1.54, 1.807) is 25.1 Å². The minimum absolute atomic E-state index is 0.197. The molecule has 0 radical (unpaired) electrons. The van der Waals surface area contributed by atoms with Crippen LogP contribution in [-0.2, 0) is 17.6 Å². The van der Waals surface area contributed by atoms with Crippen molar-refractivity contribution in [2.45, 2.75) is 39.2 Å². The fraction of sp³-hybridized carbons (Fsp3) is 0.412. The zero-order valence-corrected chi connectivity index (χ0v) is 14.1. The summed E-state index contributed by atoms with van der Waals surface area (Å²) in [5.41, 5.74) is 1.55. The summed E-state index contributed by atoms with van der Waals surface area (Å²) in [5.74, 6) is -1.83. The lowest BCUT2D eigenvalue weighted by Gasteiger charge is -2.22. The third kappa shape index (κ3) is 3.90. The Kier molecular flexibility index (Phi) is 5.97. The molecule has 0 aliphatic carbocycles. The van der Waals surface area contributed by atoms with Crippen LogP contribution < -0.4 is 11.2 Å². The molecule has 1 amide bonds. The van der Waals surface area contributed by atoms with Crippen LogP contribution >= 0.6 is 0 Å². The van der Waals surface area contributed by atoms with Crippen molar-refractivity contribution in [3.63, 3.8) is 0 Å². The number of hydrogen-bond donors (Lipinski definition) is 4. The summed E-state index contributed by atoms with van der Waals surface area (Å²) >= 11 is 0. The molecule has 8 heteroatoms. The van der Waals surface area contributed by atoms with Crippen LogP contribution in [0.3, 0.4) is 0 Å². The molecule has 0 aliphatic heterocycles. The summed E-state index contributed by atoms with van der Waals surface area (Å²) < 4.78 is 14.6. The van der Waals surface area contributed by atoms with Gasteiger partial charge in [0.2, 0.25) is 5.88 Å². The Morgan fingerprint density at radius 3 is 2.64 bits per heavy atom. The number of halogens is 1. The van der Waals surface area contributed by atoms with Crippen LogP contribution in [0.15, 0.2) is 29.1 Å². The third-order valence-electron chi connectivity index (χ3n) is 4.42. The quantitative estimate of drug-likeness (QED) is 0.451. The van der Waals surface area contributed by atoms with E-state index in [1.807, 2.05) is 6.92 Å². The van der Waals surface area contributed by atoms with Gasteiger partial charge in [-0.05, 0) is 30.4 Å². The summed E-state index contributed by atoms with van der Waals surface area (Å²) in [4.78, 5) is 26.7. The topological polar surface area (TPSA) is 107 Å². The number of aryl methyl sites for hydroxylation is 2. The zero-order chi connectivity index (χ0) is 18.6. The van der Waals surface area contributed by atoms with Crippen molar-refractivity contribution >= 4 is 5.91 Å². The van der Waals surface area contributed by atoms with Crippen molar-refractivity contribution in [3.8, 4) is 5.88 Å². The van der Waals surface area contributed by atoms with Gasteiger partial charge in [-0.3, -0.25) is 14.6 Å². The normalized spacial score (nSPS) is 13.4. The van der Waals surface area contributed by atoms with Gasteiger partial charge in [-0.25, -0.2) is 14.7 Å². The molecular formula is C17H22FN3O4. The van der Waals surface area contributed by atoms with Crippen molar-refractivity contribution < 1.29 is 19.5 Å². The molecule has 25 heavy (non-hydrogen) atoms. The van der Waals surface area contributed by atoms with Crippen molar-refractivity contribution in [3.05, 3.63) is 51.8 Å². The lowest BCUT2D eigenvalue weighted by molar-refractivity contribution is -0.134. The molecule has 7 nitrogen and oxygen atoms in total. The number of nitrogens with zero attached hydrogens (tertiary/aromatic N) is 1. The molecule has 136 valence electrons. The molecule has 0 saturated carbocycles. The molecule has 2 rings (SSSR count). The number of rotatable bonds is 7. The summed E-state index contributed by atoms with van der Waals surface area (Å²) in [5, 5.41) is 19.3. The van der Waals surface area contributed by atoms with E-state index < -0.39 is 17.6 Å². The molecular weight excluding hydrogens is 329 g/mol. The van der Waals surface area contributed by atoms with Gasteiger partial charge >= 0.3 is 5.69 Å². The molecule has 0 saturated heterocycles. The average Bonchev–Trinajstić information content (AvgIpc) is 2.88. The summed E-state index contributed by atoms with van der Waals surface area (Å²) in [7, 11) is 0. The fourth-order valence-electron chi connectivity index (χ4n) is 2.80. The van der Waals surface area contributed by atoms with E-state index >= 15 is 0 Å². The Bertz CT molecular complexity index is 799. The van der Waals surface area contributed by atoms with Crippen molar-refractivity contribution in [1.29, 1.82) is 0 Å². The average molecular weight is 351 g/mol. The molecule has 2 atom stereocenters. The maximum atomic E-state index is 13.7. The molecule has 0 fully saturated rings. The predicted molar refractivity (Wildman–Crippen MR) is 88.9 cm³/mol. The number of amides is 1. The predicted octanol–water partition coefficient (Wildman–Crippen LogP) is 1.90. The van der Waals surface area contributed by atoms with Crippen LogP contribution in [0.25, 0.3) is 0 Å². The van der Waals surface area contributed by atoms with Crippen molar-refractivity contribution in [2.24, 2.45) is 5.92 Å². The van der Waals surface area contributed by atoms with Gasteiger partial charge in [-0.1, -0.05) is 38.5 Å². The lowest BCUT2D eigenvalue weighted by atomic mass is 9.98. The molecule has 0 spiro atoms. The highest BCUT2D eigenvalue weighted by molar-refractivity contribution is 5.79. The van der Waals surface area contributed by atoms with Crippen LogP contribution in [-0.4, -0.2) is 25.8 Å². The molecule has 2 unspecified atom stereocenters. The largest absolute Gasteiger partial charge is 0.493 e. The van der Waals surface area contributed by atoms with Gasteiger partial charge in [0, 0.05) is 0 Å². The van der Waals surface area contributed by atoms with E-state index in [2.05, 4.69) is 4.98 Å². The van der Waals surface area contributed by atoms with Gasteiger partial charge in [0.15, 0.2) is 0 Å². The number of hydroxylamine groups is 1. The first kappa shape index (κ1) is 18.7. The number of H-pyrrole nitrogens is 1. The van der Waals surface area contributed by atoms with Gasteiger partial charge in [0.05, 0.1) is 5.69 Å². The maximum absolute atomic E-state index is 13.7. The number of aromatic nitrogens is 2. The highest BCUT2D eigenvalue weighted by Gasteiger charge is 2.31. The molecule has 0 aliphatic rings. The first-order valence-corrected chi connectivity index (χ1v) is 8.10. The summed E-state index contributed by atoms with van der Waals surface area (Å²) in [6.07, 6.45) is 1.03. The number of aromatic amines is 1. The van der Waals surface area contributed by atoms with E-state index in [-0.39, 0.29) is 36.2 Å². The van der Waals surface area contributed by atoms with Gasteiger partial charge < -0.3 is 10.1 Å². The number of benzene rings is 1. The second kappa shape index (κ2) is 7.98. The number of nitrogens with one attached hydrogen (secondary N) is 2. The Morgan fingerprint density at radius 1 is 1.36 bits per heavy atom. The number of aromatic hydroxyl groups is 1. The molecule has 2 aromatic rings. The monoisotopic (exact) mass is 351 g/mol. The van der Waals surface area contributed by atoms with Crippen molar-refractivity contribution in [2.75, 3.05) is 0 Å². The molecule has 4 N–H and O–H groups in total. The standard InChI is InChI=1S/C17H22FN3O4/c1-3-10(2)14(15(22)20-25)21-16(23)13(19-17(21)24)9-8-11-6-4-5-7-12(11)18/h4-7,10,14,23,25H,3,8-9H2,1-2H3,(H,19,24)(H,20,22). The smallest absolute Gasteiger partial charge is 0.329 e. The number of hydrogen-bond acceptors (Lipinski definition) is 4.